The number of nitrogens with one attached hydrogen (secondary N) is 2. The number of hydrogen-bond acceptors (Lipinski definition) is 3. The molecular formula is C25H27N3O3. The molecule has 2 aromatic carbocycles. The van der Waals surface area contributed by atoms with E-state index >= 15 is 0 Å². The average Bonchev–Trinajstić information content (AvgIpc) is 3.48. The summed E-state index contributed by atoms with van der Waals surface area (Å²) in [7, 11) is 0. The molecule has 0 unspecified atom stereocenters. The van der Waals surface area contributed by atoms with Crippen LogP contribution in [0, 0.1) is 6.92 Å². The molecule has 0 saturated carbocycles. The molecule has 1 fully saturated rings. The van der Waals surface area contributed by atoms with Gasteiger partial charge in [0.05, 0.1) is 12.1 Å². The lowest BCUT2D eigenvalue weighted by atomic mass is 9.95. The molecule has 2 aliphatic rings. The molecule has 0 radical (unpaired) electrons. The number of H-pyrrole nitrogens is 1. The summed E-state index contributed by atoms with van der Waals surface area (Å²) in [6.45, 7) is 5.07. The molecule has 3 aromatic rings. The number of nitrogens with zero attached hydrogens (tertiary/aromatic N) is 1. The van der Waals surface area contributed by atoms with Crippen LogP contribution in [0.2, 0.25) is 0 Å². The highest BCUT2D eigenvalue weighted by molar-refractivity contribution is 6.03. The van der Waals surface area contributed by atoms with Gasteiger partial charge in [-0.1, -0.05) is 36.4 Å². The highest BCUT2D eigenvalue weighted by atomic mass is 16.5. The Morgan fingerprint density at radius 1 is 1.23 bits per heavy atom. The number of para-hydroxylation sites is 1. The van der Waals surface area contributed by atoms with Gasteiger partial charge in [0.2, 0.25) is 5.91 Å². The van der Waals surface area contributed by atoms with E-state index in [9.17, 15) is 9.59 Å². The number of fused-ring (bicyclic) bond motifs is 2. The first-order valence-corrected chi connectivity index (χ1v) is 10.9. The van der Waals surface area contributed by atoms with Crippen molar-refractivity contribution in [3.05, 3.63) is 70.9 Å². The molecule has 2 amide bonds. The van der Waals surface area contributed by atoms with E-state index in [4.69, 9.17) is 4.74 Å². The van der Waals surface area contributed by atoms with Gasteiger partial charge in [-0.15, -0.1) is 0 Å². The number of carbonyl (C=O) groups excluding carboxylic acids is 2. The Hall–Kier alpha value is -3.12. The molecule has 3 heterocycles. The number of aryl methyl sites for hydroxylation is 1. The lowest BCUT2D eigenvalue weighted by molar-refractivity contribution is -0.126. The van der Waals surface area contributed by atoms with Crippen LogP contribution in [-0.4, -0.2) is 47.0 Å². The minimum Gasteiger partial charge on any atom is -0.376 e. The van der Waals surface area contributed by atoms with Crippen molar-refractivity contribution in [2.75, 3.05) is 13.2 Å². The van der Waals surface area contributed by atoms with Crippen LogP contribution < -0.4 is 5.32 Å². The van der Waals surface area contributed by atoms with Crippen molar-refractivity contribution in [1.29, 1.82) is 0 Å². The minimum atomic E-state index is -0.612. The molecule has 1 aromatic heterocycles. The number of carbonyl (C=O) groups is 2. The summed E-state index contributed by atoms with van der Waals surface area (Å²) < 4.78 is 5.62. The molecule has 5 rings (SSSR count). The molecular weight excluding hydrogens is 390 g/mol. The second-order valence-electron chi connectivity index (χ2n) is 8.47. The van der Waals surface area contributed by atoms with Crippen molar-refractivity contribution in [3.8, 4) is 0 Å². The van der Waals surface area contributed by atoms with Crippen LogP contribution >= 0.6 is 0 Å². The number of rotatable bonds is 5. The Balaban J connectivity index is 1.53. The highest BCUT2D eigenvalue weighted by Gasteiger charge is 2.43. The Morgan fingerprint density at radius 3 is 2.81 bits per heavy atom. The predicted octanol–water partition coefficient (Wildman–Crippen LogP) is 3.71. The number of aromatic nitrogens is 1. The Morgan fingerprint density at radius 2 is 2.00 bits per heavy atom. The van der Waals surface area contributed by atoms with Gasteiger partial charge in [0.15, 0.2) is 0 Å². The monoisotopic (exact) mass is 417 g/mol. The summed E-state index contributed by atoms with van der Waals surface area (Å²) in [6, 6.07) is 14.9. The Bertz CT molecular complexity index is 1150. The molecule has 0 bridgehead atoms. The Labute approximate surface area is 181 Å². The fourth-order valence-corrected chi connectivity index (χ4v) is 4.97. The van der Waals surface area contributed by atoms with E-state index in [0.29, 0.717) is 12.1 Å². The van der Waals surface area contributed by atoms with Crippen molar-refractivity contribution in [2.24, 2.45) is 0 Å². The maximum absolute atomic E-state index is 13.5. The first kappa shape index (κ1) is 19.8. The van der Waals surface area contributed by atoms with Crippen LogP contribution in [0.3, 0.4) is 0 Å². The maximum Gasteiger partial charge on any atom is 0.255 e. The van der Waals surface area contributed by atoms with E-state index in [-0.39, 0.29) is 24.0 Å². The van der Waals surface area contributed by atoms with Gasteiger partial charge in [0.1, 0.15) is 6.04 Å². The van der Waals surface area contributed by atoms with E-state index in [0.717, 1.165) is 47.2 Å². The van der Waals surface area contributed by atoms with Crippen LogP contribution in [0.1, 0.15) is 53.0 Å². The first-order valence-electron chi connectivity index (χ1n) is 10.9. The maximum atomic E-state index is 13.5. The Kier molecular flexibility index (Phi) is 5.02. The summed E-state index contributed by atoms with van der Waals surface area (Å²) in [5.74, 6) is -0.260. The summed E-state index contributed by atoms with van der Waals surface area (Å²) in [5.41, 5.74) is 4.69. The molecule has 31 heavy (non-hydrogen) atoms. The molecule has 2 N–H and O–H groups in total. The van der Waals surface area contributed by atoms with Gasteiger partial charge in [-0.2, -0.15) is 0 Å². The van der Waals surface area contributed by atoms with Crippen LogP contribution in [0.15, 0.2) is 48.5 Å². The highest BCUT2D eigenvalue weighted by Crippen LogP contribution is 2.43. The third kappa shape index (κ3) is 3.31. The van der Waals surface area contributed by atoms with Gasteiger partial charge in [0.25, 0.3) is 5.91 Å². The molecule has 0 spiro atoms. The van der Waals surface area contributed by atoms with E-state index in [1.165, 1.54) is 0 Å². The summed E-state index contributed by atoms with van der Waals surface area (Å²) in [5, 5.41) is 4.08. The van der Waals surface area contributed by atoms with Crippen molar-refractivity contribution < 1.29 is 14.3 Å². The van der Waals surface area contributed by atoms with Crippen LogP contribution in [0.5, 0.6) is 0 Å². The van der Waals surface area contributed by atoms with E-state index in [1.54, 1.807) is 4.90 Å². The smallest absolute Gasteiger partial charge is 0.255 e. The summed E-state index contributed by atoms with van der Waals surface area (Å²) in [4.78, 5) is 31.7. The molecule has 2 aliphatic heterocycles. The van der Waals surface area contributed by atoms with Gasteiger partial charge in [-0.3, -0.25) is 9.59 Å². The fraction of sp³-hybridized carbons (Fsp3) is 0.360. The third-order valence-corrected chi connectivity index (χ3v) is 6.54. The van der Waals surface area contributed by atoms with Crippen molar-refractivity contribution in [3.63, 3.8) is 0 Å². The largest absolute Gasteiger partial charge is 0.376 e. The molecule has 0 aliphatic carbocycles. The standard InChI is InChI=1S/C25H27N3O3/c1-15-22(20-11-5-6-12-21(20)27-15)23-18-9-3-4-10-19(18)25(30)28(23)16(2)24(29)26-14-17-8-7-13-31-17/h3-6,9-12,16-17,23,27H,7-8,13-14H2,1-2H3,(H,26,29)/t16-,17-,23-/m0/s1. The van der Waals surface area contributed by atoms with Crippen LogP contribution in [-0.2, 0) is 9.53 Å². The topological polar surface area (TPSA) is 74.4 Å². The zero-order valence-corrected chi connectivity index (χ0v) is 17.9. The summed E-state index contributed by atoms with van der Waals surface area (Å²) >= 11 is 0. The average molecular weight is 418 g/mol. The van der Waals surface area contributed by atoms with Gasteiger partial charge in [-0.25, -0.2) is 0 Å². The van der Waals surface area contributed by atoms with Gasteiger partial charge in [0, 0.05) is 40.9 Å². The SMILES string of the molecule is Cc1[nH]c2ccccc2c1[C@@H]1c2ccccc2C(=O)N1[C@@H](C)C(=O)NC[C@@H]1CCCO1. The van der Waals surface area contributed by atoms with E-state index < -0.39 is 6.04 Å². The van der Waals surface area contributed by atoms with Gasteiger partial charge >= 0.3 is 0 Å². The van der Waals surface area contributed by atoms with Gasteiger partial charge in [-0.05, 0) is 44.4 Å². The molecule has 3 atom stereocenters. The lowest BCUT2D eigenvalue weighted by Gasteiger charge is -2.31. The first-order chi connectivity index (χ1) is 15.1. The quantitative estimate of drug-likeness (QED) is 0.665. The minimum absolute atomic E-state index is 0.0642. The second kappa shape index (κ2) is 7.85. The number of ether oxygens (including phenoxy) is 1. The second-order valence-corrected chi connectivity index (χ2v) is 8.47. The molecule has 6 heteroatoms. The number of aromatic amines is 1. The fourth-order valence-electron chi connectivity index (χ4n) is 4.97. The van der Waals surface area contributed by atoms with E-state index in [1.807, 2.05) is 56.3 Å². The normalized spacial score (nSPS) is 21.5. The van der Waals surface area contributed by atoms with Crippen molar-refractivity contribution in [1.82, 2.24) is 15.2 Å². The zero-order valence-electron chi connectivity index (χ0n) is 17.9. The van der Waals surface area contributed by atoms with Crippen LogP contribution in [0.25, 0.3) is 10.9 Å². The van der Waals surface area contributed by atoms with Crippen molar-refractivity contribution in [2.45, 2.75) is 44.9 Å². The molecule has 6 nitrogen and oxygen atoms in total. The molecule has 160 valence electrons. The summed E-state index contributed by atoms with van der Waals surface area (Å²) in [6.07, 6.45) is 2.05. The van der Waals surface area contributed by atoms with Crippen LogP contribution in [0.4, 0.5) is 0 Å². The number of benzene rings is 2. The molecule has 1 saturated heterocycles. The van der Waals surface area contributed by atoms with E-state index in [2.05, 4.69) is 16.4 Å². The number of amides is 2. The van der Waals surface area contributed by atoms with Gasteiger partial charge < -0.3 is 19.9 Å². The van der Waals surface area contributed by atoms with Crippen molar-refractivity contribution >= 4 is 22.7 Å². The third-order valence-electron chi connectivity index (χ3n) is 6.54. The predicted molar refractivity (Wildman–Crippen MR) is 119 cm³/mol. The zero-order chi connectivity index (χ0) is 21.5. The number of hydrogen-bond donors (Lipinski definition) is 2. The lowest BCUT2D eigenvalue weighted by Crippen LogP contribution is -2.48.